The lowest BCUT2D eigenvalue weighted by Gasteiger charge is -2.15. The molecule has 0 fully saturated rings. The van der Waals surface area contributed by atoms with Gasteiger partial charge in [-0.2, -0.15) is 0 Å². The van der Waals surface area contributed by atoms with Gasteiger partial charge in [0.2, 0.25) is 0 Å². The fourth-order valence-corrected chi connectivity index (χ4v) is 3.15. The second kappa shape index (κ2) is 8.11. The van der Waals surface area contributed by atoms with Crippen LogP contribution in [0.15, 0.2) is 85.1 Å². The number of nitrogens with zero attached hydrogens (tertiary/aromatic N) is 1. The van der Waals surface area contributed by atoms with Crippen molar-refractivity contribution in [2.24, 2.45) is 0 Å². The number of anilines is 1. The Morgan fingerprint density at radius 2 is 1.67 bits per heavy atom. The summed E-state index contributed by atoms with van der Waals surface area (Å²) in [4.78, 5) is 4.34. The van der Waals surface area contributed by atoms with E-state index in [1.807, 2.05) is 54.6 Å². The molecule has 27 heavy (non-hydrogen) atoms. The van der Waals surface area contributed by atoms with E-state index in [4.69, 9.17) is 16.3 Å². The van der Waals surface area contributed by atoms with Crippen molar-refractivity contribution in [1.29, 1.82) is 0 Å². The normalized spacial score (nSPS) is 10.7. The maximum atomic E-state index is 6.16. The Kier molecular flexibility index (Phi) is 5.22. The summed E-state index contributed by atoms with van der Waals surface area (Å²) in [7, 11) is 0. The number of rotatable bonds is 6. The summed E-state index contributed by atoms with van der Waals surface area (Å²) < 4.78 is 6.16. The molecule has 0 aliphatic rings. The third-order valence-electron chi connectivity index (χ3n) is 4.42. The summed E-state index contributed by atoms with van der Waals surface area (Å²) in [6, 6.07) is 26.0. The molecule has 4 aromatic rings. The molecule has 0 atom stereocenters. The van der Waals surface area contributed by atoms with Crippen LogP contribution in [0.2, 0.25) is 5.02 Å². The number of halogens is 1. The van der Waals surface area contributed by atoms with Gasteiger partial charge in [0.15, 0.2) is 0 Å². The van der Waals surface area contributed by atoms with Crippen LogP contribution in [0.3, 0.4) is 0 Å². The first-order valence-corrected chi connectivity index (χ1v) is 9.20. The third-order valence-corrected chi connectivity index (χ3v) is 4.67. The monoisotopic (exact) mass is 374 g/mol. The number of benzene rings is 3. The number of aromatic nitrogens is 1. The van der Waals surface area contributed by atoms with Gasteiger partial charge in [0.05, 0.1) is 0 Å². The molecule has 134 valence electrons. The van der Waals surface area contributed by atoms with Crippen molar-refractivity contribution in [2.75, 3.05) is 5.32 Å². The van der Waals surface area contributed by atoms with E-state index in [2.05, 4.69) is 34.6 Å². The van der Waals surface area contributed by atoms with E-state index in [1.165, 1.54) is 10.8 Å². The number of nitrogens with one attached hydrogen (secondary N) is 1. The average Bonchev–Trinajstić information content (AvgIpc) is 2.73. The average molecular weight is 375 g/mol. The fourth-order valence-electron chi connectivity index (χ4n) is 3.02. The minimum absolute atomic E-state index is 0.492. The lowest BCUT2D eigenvalue weighted by molar-refractivity contribution is 0.304. The van der Waals surface area contributed by atoms with E-state index >= 15 is 0 Å². The van der Waals surface area contributed by atoms with Gasteiger partial charge in [-0.1, -0.05) is 60.1 Å². The Balaban J connectivity index is 1.61. The molecule has 1 aromatic heterocycles. The Morgan fingerprint density at radius 3 is 2.48 bits per heavy atom. The van der Waals surface area contributed by atoms with E-state index in [9.17, 15) is 0 Å². The molecule has 0 amide bonds. The van der Waals surface area contributed by atoms with Crippen LogP contribution in [0.1, 0.15) is 11.1 Å². The van der Waals surface area contributed by atoms with Crippen LogP contribution in [0.25, 0.3) is 10.8 Å². The fraction of sp³-hybridized carbons (Fsp3) is 0.0870. The van der Waals surface area contributed by atoms with E-state index < -0.39 is 0 Å². The minimum Gasteiger partial charge on any atom is -0.489 e. The molecule has 0 aliphatic heterocycles. The summed E-state index contributed by atoms with van der Waals surface area (Å²) in [5.41, 5.74) is 2.20. The highest BCUT2D eigenvalue weighted by atomic mass is 35.5. The number of fused-ring (bicyclic) bond motifs is 1. The van der Waals surface area contributed by atoms with Gasteiger partial charge in [0.25, 0.3) is 0 Å². The van der Waals surface area contributed by atoms with Gasteiger partial charge in [0, 0.05) is 23.3 Å². The van der Waals surface area contributed by atoms with Crippen LogP contribution >= 0.6 is 11.6 Å². The van der Waals surface area contributed by atoms with Gasteiger partial charge in [-0.3, -0.25) is 0 Å². The van der Waals surface area contributed by atoms with Gasteiger partial charge in [-0.15, -0.1) is 0 Å². The molecule has 4 rings (SSSR count). The van der Waals surface area contributed by atoms with Crippen molar-refractivity contribution < 1.29 is 4.74 Å². The maximum Gasteiger partial charge on any atom is 0.126 e. The van der Waals surface area contributed by atoms with E-state index in [-0.39, 0.29) is 0 Å². The number of hydrogen-bond acceptors (Lipinski definition) is 3. The van der Waals surface area contributed by atoms with Crippen LogP contribution in [0.5, 0.6) is 5.75 Å². The van der Waals surface area contributed by atoms with E-state index in [1.54, 1.807) is 6.20 Å². The second-order valence-electron chi connectivity index (χ2n) is 6.25. The number of hydrogen-bond donors (Lipinski definition) is 1. The molecule has 1 N–H and O–H groups in total. The van der Waals surface area contributed by atoms with Gasteiger partial charge in [-0.25, -0.2) is 4.98 Å². The van der Waals surface area contributed by atoms with Crippen molar-refractivity contribution in [3.8, 4) is 5.75 Å². The lowest BCUT2D eigenvalue weighted by Crippen LogP contribution is -2.05. The molecule has 0 saturated heterocycles. The molecule has 4 heteroatoms. The Bertz CT molecular complexity index is 1030. The summed E-state index contributed by atoms with van der Waals surface area (Å²) in [5, 5.41) is 6.48. The third kappa shape index (κ3) is 4.21. The van der Waals surface area contributed by atoms with E-state index in [0.29, 0.717) is 13.2 Å². The molecule has 3 aromatic carbocycles. The topological polar surface area (TPSA) is 34.1 Å². The van der Waals surface area contributed by atoms with Crippen molar-refractivity contribution in [3.05, 3.63) is 101 Å². The smallest absolute Gasteiger partial charge is 0.126 e. The first-order valence-electron chi connectivity index (χ1n) is 8.82. The Morgan fingerprint density at radius 1 is 0.852 bits per heavy atom. The number of ether oxygens (including phenoxy) is 1. The zero-order chi connectivity index (χ0) is 18.5. The molecule has 0 bridgehead atoms. The molecule has 0 unspecified atom stereocenters. The standard InChI is InChI=1S/C23H19ClN2O/c24-19-11-8-17(9-12-19)16-27-22-13-10-18-5-1-2-6-20(18)21(22)15-26-23-7-3-4-14-25-23/h1-14H,15-16H2,(H,25,26). The zero-order valence-corrected chi connectivity index (χ0v) is 15.5. The molecule has 3 nitrogen and oxygen atoms in total. The van der Waals surface area contributed by atoms with Crippen LogP contribution in [0, 0.1) is 0 Å². The van der Waals surface area contributed by atoms with Crippen molar-refractivity contribution in [2.45, 2.75) is 13.2 Å². The molecular formula is C23H19ClN2O. The van der Waals surface area contributed by atoms with Crippen molar-refractivity contribution in [3.63, 3.8) is 0 Å². The highest BCUT2D eigenvalue weighted by Crippen LogP contribution is 2.29. The lowest BCUT2D eigenvalue weighted by atomic mass is 10.0. The van der Waals surface area contributed by atoms with E-state index in [0.717, 1.165) is 27.7 Å². The zero-order valence-electron chi connectivity index (χ0n) is 14.7. The van der Waals surface area contributed by atoms with Gasteiger partial charge in [0.1, 0.15) is 18.2 Å². The maximum absolute atomic E-state index is 6.16. The molecule has 0 radical (unpaired) electrons. The predicted molar refractivity (Wildman–Crippen MR) is 111 cm³/mol. The number of pyridine rings is 1. The quantitative estimate of drug-likeness (QED) is 0.444. The van der Waals surface area contributed by atoms with Gasteiger partial charge >= 0.3 is 0 Å². The molecule has 0 aliphatic carbocycles. The highest BCUT2D eigenvalue weighted by molar-refractivity contribution is 6.30. The molecule has 1 heterocycles. The van der Waals surface area contributed by atoms with Crippen LogP contribution in [-0.2, 0) is 13.2 Å². The van der Waals surface area contributed by atoms with Crippen LogP contribution in [0.4, 0.5) is 5.82 Å². The first kappa shape index (κ1) is 17.4. The molecule has 0 spiro atoms. The van der Waals surface area contributed by atoms with Crippen LogP contribution < -0.4 is 10.1 Å². The summed E-state index contributed by atoms with van der Waals surface area (Å²) in [6.07, 6.45) is 1.78. The van der Waals surface area contributed by atoms with Gasteiger partial charge < -0.3 is 10.1 Å². The predicted octanol–water partition coefficient (Wildman–Crippen LogP) is 6.08. The largest absolute Gasteiger partial charge is 0.489 e. The van der Waals surface area contributed by atoms with Crippen LogP contribution in [-0.4, -0.2) is 4.98 Å². The van der Waals surface area contributed by atoms with Crippen molar-refractivity contribution in [1.82, 2.24) is 4.98 Å². The van der Waals surface area contributed by atoms with Gasteiger partial charge in [-0.05, 0) is 46.7 Å². The summed E-state index contributed by atoms with van der Waals surface area (Å²) >= 11 is 5.96. The molecular weight excluding hydrogens is 356 g/mol. The SMILES string of the molecule is Clc1ccc(COc2ccc3ccccc3c2CNc2ccccn2)cc1. The molecule has 0 saturated carbocycles. The Labute approximate surface area is 163 Å². The first-order chi connectivity index (χ1) is 13.3. The second-order valence-corrected chi connectivity index (χ2v) is 6.68. The minimum atomic E-state index is 0.492. The van der Waals surface area contributed by atoms with Crippen molar-refractivity contribution >= 4 is 28.2 Å². The summed E-state index contributed by atoms with van der Waals surface area (Å²) in [6.45, 7) is 1.13. The Hall–Kier alpha value is -3.04. The highest BCUT2D eigenvalue weighted by Gasteiger charge is 2.10. The summed E-state index contributed by atoms with van der Waals surface area (Å²) in [5.74, 6) is 1.71.